The van der Waals surface area contributed by atoms with Crippen molar-refractivity contribution in [2.45, 2.75) is 18.9 Å². The highest BCUT2D eigenvalue weighted by atomic mass is 32.1. The quantitative estimate of drug-likeness (QED) is 0.563. The van der Waals surface area contributed by atoms with Crippen LogP contribution in [0.25, 0.3) is 11.4 Å². The lowest BCUT2D eigenvalue weighted by atomic mass is 10.1. The van der Waals surface area contributed by atoms with Crippen LogP contribution < -0.4 is 19.5 Å². The summed E-state index contributed by atoms with van der Waals surface area (Å²) in [6.07, 6.45) is 1.74. The zero-order chi connectivity index (χ0) is 22.5. The maximum Gasteiger partial charge on any atom is 0.205 e. The summed E-state index contributed by atoms with van der Waals surface area (Å²) in [5, 5.41) is 17.1. The Morgan fingerprint density at radius 1 is 0.969 bits per heavy atom. The number of nitrogens with one attached hydrogen (secondary N) is 1. The molecule has 9 nitrogen and oxygen atoms in total. The number of thiocarbonyl (C=S) groups is 1. The lowest BCUT2D eigenvalue weighted by Crippen LogP contribution is -2.41. The van der Waals surface area contributed by atoms with E-state index in [4.69, 9.17) is 26.4 Å². The summed E-state index contributed by atoms with van der Waals surface area (Å²) in [7, 11) is 4.86. The number of benzene rings is 2. The van der Waals surface area contributed by atoms with E-state index in [0.717, 1.165) is 42.9 Å². The van der Waals surface area contributed by atoms with Crippen LogP contribution in [-0.4, -0.2) is 64.6 Å². The molecule has 0 unspecified atom stereocenters. The van der Waals surface area contributed by atoms with E-state index >= 15 is 0 Å². The van der Waals surface area contributed by atoms with Gasteiger partial charge in [-0.05, 0) is 60.6 Å². The van der Waals surface area contributed by atoms with Gasteiger partial charge in [-0.3, -0.25) is 0 Å². The Morgan fingerprint density at radius 2 is 1.69 bits per heavy atom. The van der Waals surface area contributed by atoms with Crippen LogP contribution in [0.2, 0.25) is 0 Å². The van der Waals surface area contributed by atoms with Crippen molar-refractivity contribution in [1.29, 1.82) is 0 Å². The largest absolute Gasteiger partial charge is 0.495 e. The first-order chi connectivity index (χ1) is 15.6. The fourth-order valence-electron chi connectivity index (χ4n) is 3.71. The van der Waals surface area contributed by atoms with Gasteiger partial charge in [0.25, 0.3) is 0 Å². The molecule has 2 aromatic carbocycles. The molecular weight excluding hydrogens is 428 g/mol. The fraction of sp³-hybridized carbons (Fsp3) is 0.364. The summed E-state index contributed by atoms with van der Waals surface area (Å²) < 4.78 is 16.1. The molecule has 0 saturated carbocycles. The highest BCUT2D eigenvalue weighted by Gasteiger charge is 2.25. The lowest BCUT2D eigenvalue weighted by molar-refractivity contribution is 0.238. The minimum Gasteiger partial charge on any atom is -0.495 e. The van der Waals surface area contributed by atoms with Gasteiger partial charge < -0.3 is 24.4 Å². The van der Waals surface area contributed by atoms with Crippen LogP contribution in [0.5, 0.6) is 17.2 Å². The second kappa shape index (κ2) is 9.82. The van der Waals surface area contributed by atoms with Gasteiger partial charge in [0.05, 0.1) is 33.1 Å². The van der Waals surface area contributed by atoms with Crippen molar-refractivity contribution < 1.29 is 14.2 Å². The second-order valence-corrected chi connectivity index (χ2v) is 7.74. The molecule has 4 rings (SSSR count). The average Bonchev–Trinajstić information content (AvgIpc) is 3.34. The van der Waals surface area contributed by atoms with E-state index in [1.165, 1.54) is 0 Å². The van der Waals surface area contributed by atoms with Crippen LogP contribution >= 0.6 is 12.2 Å². The number of rotatable bonds is 6. The summed E-state index contributed by atoms with van der Waals surface area (Å²) in [4.78, 5) is 3.87. The molecule has 0 amide bonds. The second-order valence-electron chi connectivity index (χ2n) is 7.35. The number of methoxy groups -OCH3 is 3. The van der Waals surface area contributed by atoms with E-state index < -0.39 is 0 Å². The SMILES string of the molecule is COc1ccccc1NC(=S)N1CCC(n2nnc(-c3ccc(OC)c(OC)c3)n2)CC1. The number of likely N-dealkylation sites (tertiary alicyclic amines) is 1. The van der Waals surface area contributed by atoms with Gasteiger partial charge >= 0.3 is 0 Å². The zero-order valence-corrected chi connectivity index (χ0v) is 19.1. The molecule has 168 valence electrons. The summed E-state index contributed by atoms with van der Waals surface area (Å²) >= 11 is 5.62. The molecule has 0 aliphatic carbocycles. The van der Waals surface area contributed by atoms with E-state index in [1.54, 1.807) is 26.1 Å². The molecule has 10 heteroatoms. The van der Waals surface area contributed by atoms with Crippen molar-refractivity contribution in [2.24, 2.45) is 0 Å². The van der Waals surface area contributed by atoms with Crippen molar-refractivity contribution in [3.63, 3.8) is 0 Å². The van der Waals surface area contributed by atoms with Crippen molar-refractivity contribution >= 4 is 23.0 Å². The molecule has 0 atom stereocenters. The first-order valence-corrected chi connectivity index (χ1v) is 10.7. The summed E-state index contributed by atoms with van der Waals surface area (Å²) in [5.74, 6) is 2.61. The minimum absolute atomic E-state index is 0.168. The molecule has 1 fully saturated rings. The Kier molecular flexibility index (Phi) is 6.69. The molecule has 1 saturated heterocycles. The smallest absolute Gasteiger partial charge is 0.205 e. The maximum absolute atomic E-state index is 5.62. The van der Waals surface area contributed by atoms with Crippen molar-refractivity contribution in [2.75, 3.05) is 39.7 Å². The van der Waals surface area contributed by atoms with E-state index in [9.17, 15) is 0 Å². The molecule has 1 aromatic heterocycles. The Labute approximate surface area is 192 Å². The highest BCUT2D eigenvalue weighted by Crippen LogP contribution is 2.31. The summed E-state index contributed by atoms with van der Waals surface area (Å²) in [6.45, 7) is 1.61. The van der Waals surface area contributed by atoms with Gasteiger partial charge in [0.1, 0.15) is 5.75 Å². The van der Waals surface area contributed by atoms with Gasteiger partial charge in [-0.1, -0.05) is 12.1 Å². The van der Waals surface area contributed by atoms with Crippen LogP contribution in [0.1, 0.15) is 18.9 Å². The van der Waals surface area contributed by atoms with E-state index in [-0.39, 0.29) is 6.04 Å². The van der Waals surface area contributed by atoms with Crippen molar-refractivity contribution in [1.82, 2.24) is 25.1 Å². The van der Waals surface area contributed by atoms with Gasteiger partial charge in [-0.2, -0.15) is 4.80 Å². The van der Waals surface area contributed by atoms with E-state index in [1.807, 2.05) is 42.5 Å². The van der Waals surface area contributed by atoms with E-state index in [2.05, 4.69) is 25.6 Å². The number of aromatic nitrogens is 4. The van der Waals surface area contributed by atoms with E-state index in [0.29, 0.717) is 22.4 Å². The molecule has 2 heterocycles. The molecular formula is C22H26N6O3S. The van der Waals surface area contributed by atoms with Gasteiger partial charge in [0, 0.05) is 18.7 Å². The van der Waals surface area contributed by atoms with Crippen LogP contribution in [0.4, 0.5) is 5.69 Å². The Bertz CT molecular complexity index is 1080. The minimum atomic E-state index is 0.168. The molecule has 0 bridgehead atoms. The topological polar surface area (TPSA) is 86.6 Å². The highest BCUT2D eigenvalue weighted by molar-refractivity contribution is 7.80. The van der Waals surface area contributed by atoms with Gasteiger partial charge in [0.15, 0.2) is 16.6 Å². The van der Waals surface area contributed by atoms with Gasteiger partial charge in [-0.15, -0.1) is 10.2 Å². The number of ether oxygens (including phenoxy) is 3. The molecule has 3 aromatic rings. The summed E-state index contributed by atoms with van der Waals surface area (Å²) in [6, 6.07) is 13.5. The molecule has 0 radical (unpaired) electrons. The number of para-hydroxylation sites is 2. The number of piperidine rings is 1. The summed E-state index contributed by atoms with van der Waals surface area (Å²) in [5.41, 5.74) is 1.69. The van der Waals surface area contributed by atoms with Crippen molar-refractivity contribution in [3.05, 3.63) is 42.5 Å². The number of nitrogens with zero attached hydrogens (tertiary/aromatic N) is 5. The molecule has 1 N–H and O–H groups in total. The standard InChI is InChI=1S/C22H26N6O3S/c1-29-18-7-5-4-6-17(18)23-22(32)27-12-10-16(11-13-27)28-25-21(24-26-28)15-8-9-19(30-2)20(14-15)31-3/h4-9,14,16H,10-13H2,1-3H3,(H,23,32). The predicted octanol–water partition coefficient (Wildman–Crippen LogP) is 3.40. The van der Waals surface area contributed by atoms with Gasteiger partial charge in [0.2, 0.25) is 5.82 Å². The third-order valence-corrected chi connectivity index (χ3v) is 5.86. The van der Waals surface area contributed by atoms with Crippen LogP contribution in [-0.2, 0) is 0 Å². The number of hydrogen-bond acceptors (Lipinski definition) is 7. The molecule has 1 aliphatic heterocycles. The third-order valence-electron chi connectivity index (χ3n) is 5.50. The normalized spacial score (nSPS) is 14.2. The maximum atomic E-state index is 5.62. The van der Waals surface area contributed by atoms with Crippen LogP contribution in [0.15, 0.2) is 42.5 Å². The zero-order valence-electron chi connectivity index (χ0n) is 18.3. The lowest BCUT2D eigenvalue weighted by Gasteiger charge is -2.33. The molecule has 32 heavy (non-hydrogen) atoms. The number of tetrazole rings is 1. The van der Waals surface area contributed by atoms with Crippen LogP contribution in [0.3, 0.4) is 0 Å². The Morgan fingerprint density at radius 3 is 2.41 bits per heavy atom. The Balaban J connectivity index is 1.38. The third kappa shape index (κ3) is 4.59. The van der Waals surface area contributed by atoms with Crippen LogP contribution in [0, 0.1) is 0 Å². The first kappa shape index (κ1) is 21.8. The van der Waals surface area contributed by atoms with Crippen molar-refractivity contribution in [3.8, 4) is 28.6 Å². The molecule has 0 spiro atoms. The van der Waals surface area contributed by atoms with Gasteiger partial charge in [-0.25, -0.2) is 0 Å². The predicted molar refractivity (Wildman–Crippen MR) is 125 cm³/mol. The Hall–Kier alpha value is -3.40. The monoisotopic (exact) mass is 454 g/mol. The fourth-order valence-corrected chi connectivity index (χ4v) is 4.01. The number of hydrogen-bond donors (Lipinski definition) is 1. The first-order valence-electron chi connectivity index (χ1n) is 10.3. The number of anilines is 1. The average molecular weight is 455 g/mol. The molecule has 1 aliphatic rings.